The van der Waals surface area contributed by atoms with Gasteiger partial charge in [0.25, 0.3) is 11.3 Å². The van der Waals surface area contributed by atoms with Crippen molar-refractivity contribution in [2.45, 2.75) is 37.5 Å². The van der Waals surface area contributed by atoms with Crippen LogP contribution < -0.4 is 14.5 Å². The first-order valence-electron chi connectivity index (χ1n) is 11.0. The van der Waals surface area contributed by atoms with Gasteiger partial charge in [0.05, 0.1) is 17.7 Å². The first-order chi connectivity index (χ1) is 16.6. The molecular formula is C21H28N4O7S3. The molecule has 1 aliphatic rings. The van der Waals surface area contributed by atoms with Crippen molar-refractivity contribution in [2.24, 2.45) is 5.92 Å². The number of carbonyl (C=O) groups excluding carboxylic acids is 2. The number of benzene rings is 1. The molecule has 1 fully saturated rings. The number of ether oxygens (including phenoxy) is 1. The maximum absolute atomic E-state index is 13.2. The SMILES string of the molecule is CCOC(=O)CN(c1cnc(NC(=O)N(CC2CCCC2)c2ccc(S(C)(=O)=O)cc2)s1)S(=O)O. The van der Waals surface area contributed by atoms with Crippen molar-refractivity contribution in [2.75, 3.05) is 40.5 Å². The highest BCUT2D eigenvalue weighted by Gasteiger charge is 2.25. The molecular weight excluding hydrogens is 516 g/mol. The number of nitrogens with one attached hydrogen (secondary N) is 1. The number of carbonyl (C=O) groups is 2. The van der Waals surface area contributed by atoms with Crippen molar-refractivity contribution in [1.29, 1.82) is 0 Å². The third kappa shape index (κ3) is 7.46. The summed E-state index contributed by atoms with van der Waals surface area (Å²) in [6.45, 7) is 1.77. The molecule has 1 aromatic carbocycles. The fourth-order valence-corrected chi connectivity index (χ4v) is 5.83. The number of nitrogens with zero attached hydrogens (tertiary/aromatic N) is 3. The number of sulfone groups is 1. The molecule has 2 aromatic rings. The van der Waals surface area contributed by atoms with Gasteiger partial charge >= 0.3 is 12.0 Å². The average molecular weight is 545 g/mol. The van der Waals surface area contributed by atoms with Crippen LogP contribution in [0.3, 0.4) is 0 Å². The van der Waals surface area contributed by atoms with E-state index in [4.69, 9.17) is 4.74 Å². The molecule has 0 saturated heterocycles. The van der Waals surface area contributed by atoms with Crippen LogP contribution in [0.2, 0.25) is 0 Å². The standard InChI is InChI=1S/C21H28N4O7S3/c1-3-32-19(26)14-25(34(28)29)18-12-22-20(33-18)23-21(27)24(13-15-6-4-5-7-15)16-8-10-17(11-9-16)35(2,30)31/h8-12,15H,3-7,13-14H2,1-2H3,(H,28,29)(H,22,23,27). The lowest BCUT2D eigenvalue weighted by Crippen LogP contribution is -2.38. The van der Waals surface area contributed by atoms with E-state index in [2.05, 4.69) is 10.3 Å². The van der Waals surface area contributed by atoms with Crippen LogP contribution in [-0.2, 0) is 30.6 Å². The van der Waals surface area contributed by atoms with Gasteiger partial charge in [-0.2, -0.15) is 0 Å². The summed E-state index contributed by atoms with van der Waals surface area (Å²) in [5, 5.41) is 3.08. The number of esters is 1. The van der Waals surface area contributed by atoms with Crippen LogP contribution in [0.5, 0.6) is 0 Å². The Kier molecular flexibility index (Phi) is 9.21. The first-order valence-corrected chi connectivity index (χ1v) is 14.7. The fourth-order valence-electron chi connectivity index (χ4n) is 3.76. The summed E-state index contributed by atoms with van der Waals surface area (Å²) in [5.41, 5.74) is 0.541. The third-order valence-corrected chi connectivity index (χ3v) is 8.34. The Balaban J connectivity index is 1.79. The molecule has 11 nitrogen and oxygen atoms in total. The van der Waals surface area contributed by atoms with E-state index in [9.17, 15) is 26.8 Å². The Labute approximate surface area is 210 Å². The normalized spacial score (nSPS) is 14.9. The molecule has 1 heterocycles. The van der Waals surface area contributed by atoms with Crippen molar-refractivity contribution in [1.82, 2.24) is 4.98 Å². The summed E-state index contributed by atoms with van der Waals surface area (Å²) in [7, 11) is -3.37. The molecule has 0 bridgehead atoms. The number of hydrogen-bond acceptors (Lipinski definition) is 8. The van der Waals surface area contributed by atoms with Gasteiger partial charge in [0, 0.05) is 18.5 Å². The average Bonchev–Trinajstić information content (AvgIpc) is 3.47. The highest BCUT2D eigenvalue weighted by molar-refractivity contribution is 7.90. The molecule has 2 amide bonds. The minimum absolute atomic E-state index is 0.136. The Hall–Kier alpha value is -2.55. The Morgan fingerprint density at radius 3 is 2.49 bits per heavy atom. The quantitative estimate of drug-likeness (QED) is 0.342. The van der Waals surface area contributed by atoms with E-state index in [1.807, 2.05) is 0 Å². The molecule has 0 radical (unpaired) electrons. The van der Waals surface area contributed by atoms with Gasteiger partial charge in [-0.3, -0.25) is 19.6 Å². The summed E-state index contributed by atoms with van der Waals surface area (Å²) in [5.74, 6) is -0.353. The number of anilines is 3. The van der Waals surface area contributed by atoms with E-state index in [1.165, 1.54) is 18.3 Å². The van der Waals surface area contributed by atoms with Crippen molar-refractivity contribution >= 4 is 60.3 Å². The summed E-state index contributed by atoms with van der Waals surface area (Å²) in [6.07, 6.45) is 6.59. The van der Waals surface area contributed by atoms with Crippen molar-refractivity contribution in [3.63, 3.8) is 0 Å². The predicted molar refractivity (Wildman–Crippen MR) is 135 cm³/mol. The van der Waals surface area contributed by atoms with Crippen LogP contribution in [0, 0.1) is 5.92 Å². The second kappa shape index (κ2) is 11.9. The molecule has 14 heteroatoms. The van der Waals surface area contributed by atoms with E-state index < -0.39 is 39.6 Å². The topological polar surface area (TPSA) is 146 Å². The van der Waals surface area contributed by atoms with Gasteiger partial charge in [0.2, 0.25) is 0 Å². The Morgan fingerprint density at radius 2 is 1.91 bits per heavy atom. The van der Waals surface area contributed by atoms with Crippen LogP contribution in [0.15, 0.2) is 35.4 Å². The third-order valence-electron chi connectivity index (χ3n) is 5.46. The molecule has 192 valence electrons. The highest BCUT2D eigenvalue weighted by Crippen LogP contribution is 2.31. The summed E-state index contributed by atoms with van der Waals surface area (Å²) < 4.78 is 50.7. The molecule has 1 unspecified atom stereocenters. The molecule has 3 rings (SSSR count). The van der Waals surface area contributed by atoms with Gasteiger partial charge in [-0.25, -0.2) is 26.7 Å². The highest BCUT2D eigenvalue weighted by atomic mass is 32.2. The first kappa shape index (κ1) is 27.0. The van der Waals surface area contributed by atoms with Gasteiger partial charge in [-0.15, -0.1) is 0 Å². The second-order valence-electron chi connectivity index (χ2n) is 8.03. The number of thiazole rings is 1. The monoisotopic (exact) mass is 544 g/mol. The number of amides is 2. The molecule has 0 aliphatic heterocycles. The van der Waals surface area contributed by atoms with Gasteiger partial charge in [-0.1, -0.05) is 24.2 Å². The van der Waals surface area contributed by atoms with Crippen LogP contribution in [0.25, 0.3) is 0 Å². The fraction of sp³-hybridized carbons (Fsp3) is 0.476. The smallest absolute Gasteiger partial charge is 0.328 e. The Bertz CT molecular complexity index is 1160. The zero-order valence-electron chi connectivity index (χ0n) is 19.4. The van der Waals surface area contributed by atoms with E-state index in [1.54, 1.807) is 24.0 Å². The lowest BCUT2D eigenvalue weighted by molar-refractivity contribution is -0.141. The van der Waals surface area contributed by atoms with Crippen LogP contribution in [0.4, 0.5) is 20.6 Å². The van der Waals surface area contributed by atoms with Gasteiger partial charge < -0.3 is 4.74 Å². The van der Waals surface area contributed by atoms with Crippen LogP contribution in [-0.4, -0.2) is 60.1 Å². The van der Waals surface area contributed by atoms with Crippen LogP contribution in [0.1, 0.15) is 32.6 Å². The minimum Gasteiger partial charge on any atom is -0.465 e. The summed E-state index contributed by atoms with van der Waals surface area (Å²) in [4.78, 5) is 30.8. The second-order valence-corrected chi connectivity index (χ2v) is 12.0. The van der Waals surface area contributed by atoms with Crippen molar-refractivity contribution in [3.8, 4) is 0 Å². The number of rotatable bonds is 10. The van der Waals surface area contributed by atoms with Crippen molar-refractivity contribution < 1.29 is 31.5 Å². The molecule has 1 aliphatic carbocycles. The minimum atomic E-state index is -3.37. The number of hydrogen-bond donors (Lipinski definition) is 2. The number of urea groups is 1. The summed E-state index contributed by atoms with van der Waals surface area (Å²) in [6, 6.07) is 5.64. The molecule has 2 N–H and O–H groups in total. The number of aromatic nitrogens is 1. The molecule has 1 atom stereocenters. The molecule has 35 heavy (non-hydrogen) atoms. The summed E-state index contributed by atoms with van der Waals surface area (Å²) >= 11 is -1.56. The molecule has 1 saturated carbocycles. The van der Waals surface area contributed by atoms with E-state index in [-0.39, 0.29) is 21.6 Å². The maximum Gasteiger partial charge on any atom is 0.328 e. The molecule has 1 aromatic heterocycles. The van der Waals surface area contributed by atoms with Gasteiger partial charge in [0.1, 0.15) is 11.5 Å². The van der Waals surface area contributed by atoms with E-state index in [0.717, 1.165) is 47.6 Å². The van der Waals surface area contributed by atoms with E-state index >= 15 is 0 Å². The lowest BCUT2D eigenvalue weighted by atomic mass is 10.1. The predicted octanol–water partition coefficient (Wildman–Crippen LogP) is 3.28. The van der Waals surface area contributed by atoms with Crippen LogP contribution >= 0.6 is 11.3 Å². The zero-order chi connectivity index (χ0) is 25.6. The van der Waals surface area contributed by atoms with E-state index in [0.29, 0.717) is 18.2 Å². The van der Waals surface area contributed by atoms with Gasteiger partial charge in [0.15, 0.2) is 15.0 Å². The lowest BCUT2D eigenvalue weighted by Gasteiger charge is -2.26. The largest absolute Gasteiger partial charge is 0.465 e. The Morgan fingerprint density at radius 1 is 1.26 bits per heavy atom. The van der Waals surface area contributed by atoms with Gasteiger partial charge in [-0.05, 0) is 49.9 Å². The molecule has 0 spiro atoms. The zero-order valence-corrected chi connectivity index (χ0v) is 21.8. The van der Waals surface area contributed by atoms with Crippen molar-refractivity contribution in [3.05, 3.63) is 30.5 Å². The maximum atomic E-state index is 13.2.